The first kappa shape index (κ1) is 19.7. The second-order valence-electron chi connectivity index (χ2n) is 5.09. The number of benzene rings is 2. The van der Waals surface area contributed by atoms with Gasteiger partial charge in [-0.15, -0.1) is 0 Å². The van der Waals surface area contributed by atoms with Gasteiger partial charge in [-0.3, -0.25) is 4.79 Å². The summed E-state index contributed by atoms with van der Waals surface area (Å²) >= 11 is 11.3. The Labute approximate surface area is 154 Å². The highest BCUT2D eigenvalue weighted by Gasteiger charge is 2.28. The van der Waals surface area contributed by atoms with Crippen molar-refractivity contribution in [3.05, 3.63) is 64.9 Å². The number of ether oxygens (including phenoxy) is 1. The molecule has 0 spiro atoms. The van der Waals surface area contributed by atoms with Crippen molar-refractivity contribution in [2.75, 3.05) is 0 Å². The van der Waals surface area contributed by atoms with Gasteiger partial charge >= 0.3 is 12.8 Å². The molecule has 25 heavy (non-hydrogen) atoms. The normalized spacial score (nSPS) is 14.4. The Morgan fingerprint density at radius 2 is 1.96 bits per heavy atom. The second kappa shape index (κ2) is 8.68. The quantitative estimate of drug-likeness (QED) is 0.522. The Balaban J connectivity index is 1.90. The van der Waals surface area contributed by atoms with Gasteiger partial charge in [0.2, 0.25) is 0 Å². The van der Waals surface area contributed by atoms with Gasteiger partial charge in [-0.05, 0) is 24.6 Å². The summed E-state index contributed by atoms with van der Waals surface area (Å²) in [5.41, 5.74) is 0.810. The van der Waals surface area contributed by atoms with Crippen molar-refractivity contribution < 1.29 is 23.0 Å². The van der Waals surface area contributed by atoms with E-state index in [0.717, 1.165) is 11.6 Å². The third-order valence-corrected chi connectivity index (χ3v) is 4.99. The molecule has 1 N–H and O–H groups in total. The molecule has 0 saturated heterocycles. The highest BCUT2D eigenvalue weighted by Crippen LogP contribution is 2.48. The Morgan fingerprint density at radius 3 is 2.60 bits per heavy atom. The lowest BCUT2D eigenvalue weighted by molar-refractivity contribution is -0.146. The number of esters is 1. The molecule has 2 rings (SSSR count). The molecule has 5 nitrogen and oxygen atoms in total. The Kier molecular flexibility index (Phi) is 6.85. The van der Waals surface area contributed by atoms with Crippen LogP contribution in [0.3, 0.4) is 0 Å². The molecule has 2 aromatic rings. The van der Waals surface area contributed by atoms with Crippen LogP contribution in [0.1, 0.15) is 12.5 Å². The van der Waals surface area contributed by atoms with Crippen LogP contribution in [0.15, 0.2) is 48.5 Å². The van der Waals surface area contributed by atoms with E-state index in [0.29, 0.717) is 0 Å². The zero-order valence-electron chi connectivity index (χ0n) is 13.1. The largest absolute Gasteiger partial charge is 0.460 e. The lowest BCUT2D eigenvalue weighted by atomic mass is 10.2. The topological polar surface area (TPSA) is 64.6 Å². The first-order chi connectivity index (χ1) is 11.8. The van der Waals surface area contributed by atoms with Crippen LogP contribution in [0.4, 0.5) is 4.39 Å². The molecule has 0 radical (unpaired) electrons. The van der Waals surface area contributed by atoms with Gasteiger partial charge < -0.3 is 9.26 Å². The fourth-order valence-electron chi connectivity index (χ4n) is 1.83. The Morgan fingerprint density at radius 1 is 1.28 bits per heavy atom. The lowest BCUT2D eigenvalue weighted by Crippen LogP contribution is -2.33. The van der Waals surface area contributed by atoms with E-state index in [1.807, 2.05) is 18.2 Å². The first-order valence-corrected chi connectivity index (χ1v) is 10.1. The summed E-state index contributed by atoms with van der Waals surface area (Å²) in [5.74, 6) is -1.49. The molecule has 0 aliphatic carbocycles. The van der Waals surface area contributed by atoms with E-state index < -0.39 is 24.7 Å². The second-order valence-corrected chi connectivity index (χ2v) is 8.23. The summed E-state index contributed by atoms with van der Waals surface area (Å²) in [6.45, 7) is -2.45. The number of hydrogen-bond acceptors (Lipinski definition) is 4. The minimum atomic E-state index is -3.94. The van der Waals surface area contributed by atoms with Crippen molar-refractivity contribution >= 4 is 35.7 Å². The van der Waals surface area contributed by atoms with Crippen molar-refractivity contribution in [1.82, 2.24) is 5.09 Å². The standard InChI is InChI=1S/C16H15Cl2FNO4P/c1-11(16(21)23-10-12-5-3-2-4-6-12)20-25(18,22)24-13-7-8-14(17)15(19)9-13/h2-9,11H,10H2,1H3,(H,20,22)/t11-,25?/m0/s1. The maximum Gasteiger partial charge on any atom is 0.409 e. The smallest absolute Gasteiger partial charge is 0.409 e. The molecule has 0 bridgehead atoms. The number of carbonyl (C=O) groups is 1. The summed E-state index contributed by atoms with van der Waals surface area (Å²) in [6.07, 6.45) is 0. The van der Waals surface area contributed by atoms with E-state index in [4.69, 9.17) is 32.1 Å². The minimum Gasteiger partial charge on any atom is -0.460 e. The van der Waals surface area contributed by atoms with Crippen molar-refractivity contribution in [2.24, 2.45) is 0 Å². The summed E-state index contributed by atoms with van der Waals surface area (Å²) in [6, 6.07) is 11.6. The van der Waals surface area contributed by atoms with Crippen LogP contribution >= 0.6 is 29.7 Å². The summed E-state index contributed by atoms with van der Waals surface area (Å²) in [4.78, 5) is 11.9. The number of hydrogen-bond donors (Lipinski definition) is 1. The van der Waals surface area contributed by atoms with E-state index in [-0.39, 0.29) is 17.4 Å². The first-order valence-electron chi connectivity index (χ1n) is 7.19. The highest BCUT2D eigenvalue weighted by molar-refractivity contribution is 7.84. The van der Waals surface area contributed by atoms with Crippen LogP contribution in [-0.4, -0.2) is 12.0 Å². The number of rotatable bonds is 7. The number of nitrogens with one attached hydrogen (secondary N) is 1. The van der Waals surface area contributed by atoms with Crippen molar-refractivity contribution in [1.29, 1.82) is 0 Å². The highest BCUT2D eigenvalue weighted by atomic mass is 35.7. The van der Waals surface area contributed by atoms with Crippen molar-refractivity contribution in [3.8, 4) is 5.75 Å². The summed E-state index contributed by atoms with van der Waals surface area (Å²) in [5, 5.41) is 2.23. The predicted octanol–water partition coefficient (Wildman–Crippen LogP) is 4.93. The summed E-state index contributed by atoms with van der Waals surface area (Å²) < 4.78 is 35.7. The fourth-order valence-corrected chi connectivity index (χ4v) is 3.63. The van der Waals surface area contributed by atoms with Crippen LogP contribution < -0.4 is 9.61 Å². The molecule has 0 fully saturated rings. The number of carbonyl (C=O) groups excluding carboxylic acids is 1. The lowest BCUT2D eigenvalue weighted by Gasteiger charge is -2.18. The van der Waals surface area contributed by atoms with E-state index in [1.165, 1.54) is 19.1 Å². The van der Waals surface area contributed by atoms with Gasteiger partial charge in [-0.1, -0.05) is 41.9 Å². The molecule has 0 heterocycles. The van der Waals surface area contributed by atoms with Gasteiger partial charge in [-0.2, -0.15) is 0 Å². The molecule has 0 saturated carbocycles. The van der Waals surface area contributed by atoms with Crippen LogP contribution in [0.2, 0.25) is 5.02 Å². The summed E-state index contributed by atoms with van der Waals surface area (Å²) in [7, 11) is 0. The van der Waals surface area contributed by atoms with Gasteiger partial charge in [0.1, 0.15) is 24.2 Å². The Hall–Kier alpha value is -1.59. The molecule has 0 aromatic heterocycles. The van der Waals surface area contributed by atoms with Gasteiger partial charge in [-0.25, -0.2) is 14.0 Å². The van der Waals surface area contributed by atoms with Crippen molar-refractivity contribution in [2.45, 2.75) is 19.6 Å². The number of halogens is 3. The molecule has 2 atom stereocenters. The van der Waals surface area contributed by atoms with Crippen LogP contribution in [0.5, 0.6) is 5.75 Å². The monoisotopic (exact) mass is 405 g/mol. The van der Waals surface area contributed by atoms with Gasteiger partial charge in [0.25, 0.3) is 0 Å². The van der Waals surface area contributed by atoms with Crippen LogP contribution in [-0.2, 0) is 20.7 Å². The van der Waals surface area contributed by atoms with Gasteiger partial charge in [0.15, 0.2) is 0 Å². The SMILES string of the molecule is C[C@H](NP(=O)(Cl)Oc1ccc(Cl)c(F)c1)C(=O)OCc1ccccc1. The van der Waals surface area contributed by atoms with Gasteiger partial charge in [0.05, 0.1) is 5.02 Å². The molecule has 2 aromatic carbocycles. The average molecular weight is 406 g/mol. The van der Waals surface area contributed by atoms with Gasteiger partial charge in [0, 0.05) is 17.3 Å². The van der Waals surface area contributed by atoms with E-state index in [2.05, 4.69) is 5.09 Å². The Bertz CT molecular complexity index is 791. The predicted molar refractivity (Wildman–Crippen MR) is 94.3 cm³/mol. The molecule has 134 valence electrons. The zero-order chi connectivity index (χ0) is 18.4. The minimum absolute atomic E-state index is 0.0710. The van der Waals surface area contributed by atoms with E-state index in [1.54, 1.807) is 12.1 Å². The van der Waals surface area contributed by atoms with E-state index in [9.17, 15) is 13.8 Å². The molecule has 0 amide bonds. The fraction of sp³-hybridized carbons (Fsp3) is 0.188. The van der Waals surface area contributed by atoms with Crippen molar-refractivity contribution in [3.63, 3.8) is 0 Å². The molecular formula is C16H15Cl2FNO4P. The molecule has 9 heteroatoms. The molecule has 1 unspecified atom stereocenters. The van der Waals surface area contributed by atoms with Crippen LogP contribution in [0.25, 0.3) is 0 Å². The molecule has 0 aliphatic rings. The third kappa shape index (κ3) is 6.33. The average Bonchev–Trinajstić information content (AvgIpc) is 2.56. The maximum absolute atomic E-state index is 13.4. The maximum atomic E-state index is 13.4. The molecule has 0 aliphatic heterocycles. The van der Waals surface area contributed by atoms with E-state index >= 15 is 0 Å². The molecular weight excluding hydrogens is 391 g/mol. The third-order valence-electron chi connectivity index (χ3n) is 3.04. The van der Waals surface area contributed by atoms with Crippen LogP contribution in [0, 0.1) is 5.82 Å². The zero-order valence-corrected chi connectivity index (χ0v) is 15.5.